The third kappa shape index (κ3) is 5.11. The van der Waals surface area contributed by atoms with E-state index in [2.05, 4.69) is 10.3 Å². The summed E-state index contributed by atoms with van der Waals surface area (Å²) in [5, 5.41) is 16.6. The van der Waals surface area contributed by atoms with Gasteiger partial charge in [-0.05, 0) is 57.7 Å². The molecule has 0 aliphatic carbocycles. The van der Waals surface area contributed by atoms with Crippen LogP contribution in [0.5, 0.6) is 0 Å². The zero-order chi connectivity index (χ0) is 24.3. The van der Waals surface area contributed by atoms with Crippen LogP contribution in [0, 0.1) is 10.1 Å². The Bertz CT molecular complexity index is 1040. The van der Waals surface area contributed by atoms with Crippen LogP contribution in [-0.2, 0) is 9.59 Å². The number of non-ortho nitro benzene ring substituents is 1. The third-order valence-corrected chi connectivity index (χ3v) is 6.38. The zero-order valence-electron chi connectivity index (χ0n) is 19.5. The minimum atomic E-state index is -0.542. The summed E-state index contributed by atoms with van der Waals surface area (Å²) in [6.45, 7) is 10.5. The number of hydrogen-bond acceptors (Lipinski definition) is 7. The first-order chi connectivity index (χ1) is 15.7. The summed E-state index contributed by atoms with van der Waals surface area (Å²) in [7, 11) is 0. The lowest BCUT2D eigenvalue weighted by Gasteiger charge is -2.38. The molecule has 2 aliphatic heterocycles. The molecular weight excluding hydrogens is 442 g/mol. The number of amidine groups is 1. The number of benzene rings is 1. The van der Waals surface area contributed by atoms with Crippen molar-refractivity contribution >= 4 is 34.4 Å². The Balaban J connectivity index is 2.08. The number of likely N-dealkylation sites (N-methyl/N-ethyl adjacent to an activating group) is 1. The van der Waals surface area contributed by atoms with E-state index in [0.717, 1.165) is 11.3 Å². The van der Waals surface area contributed by atoms with Crippen LogP contribution in [0.1, 0.15) is 52.6 Å². The number of rotatable bonds is 8. The monoisotopic (exact) mass is 471 g/mol. The molecule has 2 heterocycles. The summed E-state index contributed by atoms with van der Waals surface area (Å²) in [5.41, 5.74) is 2.55. The van der Waals surface area contributed by atoms with Gasteiger partial charge in [0.25, 0.3) is 11.6 Å². The number of carbonyl (C=O) groups is 2. The van der Waals surface area contributed by atoms with E-state index >= 15 is 0 Å². The van der Waals surface area contributed by atoms with Crippen LogP contribution in [0.4, 0.5) is 5.69 Å². The number of nitro benzene ring substituents is 1. The Labute approximate surface area is 197 Å². The molecule has 1 aromatic carbocycles. The Morgan fingerprint density at radius 2 is 1.88 bits per heavy atom. The largest absolute Gasteiger partial charge is 0.354 e. The van der Waals surface area contributed by atoms with Gasteiger partial charge < -0.3 is 15.1 Å². The van der Waals surface area contributed by atoms with Gasteiger partial charge in [0.15, 0.2) is 5.17 Å². The average Bonchev–Trinajstić information content (AvgIpc) is 3.14. The van der Waals surface area contributed by atoms with Crippen LogP contribution in [0.25, 0.3) is 0 Å². The van der Waals surface area contributed by atoms with Crippen molar-refractivity contribution in [2.45, 2.75) is 53.1 Å². The molecule has 0 radical (unpaired) electrons. The maximum absolute atomic E-state index is 13.6. The third-order valence-electron chi connectivity index (χ3n) is 5.49. The summed E-state index contributed by atoms with van der Waals surface area (Å²) in [5.74, 6) is -0.255. The number of amides is 2. The maximum Gasteiger partial charge on any atom is 0.269 e. The van der Waals surface area contributed by atoms with E-state index in [1.807, 2.05) is 44.9 Å². The van der Waals surface area contributed by atoms with E-state index in [1.54, 1.807) is 17.0 Å². The van der Waals surface area contributed by atoms with E-state index in [1.165, 1.54) is 23.9 Å². The Hall–Kier alpha value is -3.14. The van der Waals surface area contributed by atoms with Crippen molar-refractivity contribution in [3.8, 4) is 0 Å². The normalized spacial score (nSPS) is 17.5. The highest BCUT2D eigenvalue weighted by atomic mass is 32.2. The van der Waals surface area contributed by atoms with Crippen molar-refractivity contribution in [1.82, 2.24) is 15.1 Å². The number of nitrogens with one attached hydrogen (secondary N) is 1. The van der Waals surface area contributed by atoms with Crippen LogP contribution >= 0.6 is 11.8 Å². The molecule has 2 amide bonds. The number of thioether (sulfide) groups is 1. The quantitative estimate of drug-likeness (QED) is 0.454. The Morgan fingerprint density at radius 1 is 1.24 bits per heavy atom. The van der Waals surface area contributed by atoms with Crippen LogP contribution in [0.2, 0.25) is 0 Å². The molecule has 1 N–H and O–H groups in total. The minimum Gasteiger partial charge on any atom is -0.354 e. The summed E-state index contributed by atoms with van der Waals surface area (Å²) in [6, 6.07) is 5.68. The number of nitrogens with zero attached hydrogens (tertiary/aromatic N) is 4. The zero-order valence-corrected chi connectivity index (χ0v) is 20.3. The van der Waals surface area contributed by atoms with E-state index in [-0.39, 0.29) is 30.0 Å². The number of allylic oxidation sites excluding steroid dienone is 1. The molecule has 10 heteroatoms. The molecule has 1 unspecified atom stereocenters. The Morgan fingerprint density at radius 3 is 2.42 bits per heavy atom. The summed E-state index contributed by atoms with van der Waals surface area (Å²) in [4.78, 5) is 45.1. The van der Waals surface area contributed by atoms with Crippen LogP contribution in [0.3, 0.4) is 0 Å². The molecule has 0 saturated heterocycles. The minimum absolute atomic E-state index is 0.00839. The number of aliphatic imine (C=N–C) groups is 1. The second-order valence-corrected chi connectivity index (χ2v) is 8.95. The molecule has 0 spiro atoms. The second kappa shape index (κ2) is 10.2. The molecule has 33 heavy (non-hydrogen) atoms. The fraction of sp³-hybridized carbons (Fsp3) is 0.435. The van der Waals surface area contributed by atoms with Crippen LogP contribution < -0.4 is 5.32 Å². The standard InChI is InChI=1S/C23H29N5O4S/c1-6-26(7-2)22(30)20-15(5)25-23-27(18(13-33-23)12-19(29)24-14(3)4)21(20)16-8-10-17(11-9-16)28(31)32/h8-11,13-14,21H,6-7,12H2,1-5H3,(H,24,29). The fourth-order valence-electron chi connectivity index (χ4n) is 3.96. The molecular formula is C23H29N5O4S. The maximum atomic E-state index is 13.6. The van der Waals surface area contributed by atoms with Crippen LogP contribution in [-0.4, -0.2) is 50.8 Å². The summed E-state index contributed by atoms with van der Waals surface area (Å²) in [6.07, 6.45) is 0.138. The number of fused-ring (bicyclic) bond motifs is 1. The van der Waals surface area contributed by atoms with E-state index < -0.39 is 11.0 Å². The van der Waals surface area contributed by atoms with Crippen molar-refractivity contribution in [3.05, 3.63) is 62.3 Å². The molecule has 2 aliphatic rings. The summed E-state index contributed by atoms with van der Waals surface area (Å²) >= 11 is 1.41. The first-order valence-corrected chi connectivity index (χ1v) is 11.8. The van der Waals surface area contributed by atoms with Gasteiger partial charge in [-0.1, -0.05) is 11.8 Å². The van der Waals surface area contributed by atoms with Gasteiger partial charge in [-0.25, -0.2) is 4.99 Å². The van der Waals surface area contributed by atoms with E-state index in [0.29, 0.717) is 29.5 Å². The molecule has 176 valence electrons. The van der Waals surface area contributed by atoms with E-state index in [9.17, 15) is 19.7 Å². The lowest BCUT2D eigenvalue weighted by Crippen LogP contribution is -2.42. The van der Waals surface area contributed by atoms with Crippen molar-refractivity contribution in [1.29, 1.82) is 0 Å². The first-order valence-electron chi connectivity index (χ1n) is 10.9. The topological polar surface area (TPSA) is 108 Å². The SMILES string of the molecule is CCN(CC)C(=O)C1=C(C)N=C2SC=C(CC(=O)NC(C)C)N2C1c1ccc([N+](=O)[O-])cc1. The lowest BCUT2D eigenvalue weighted by atomic mass is 9.92. The van der Waals surface area contributed by atoms with Gasteiger partial charge in [0.1, 0.15) is 0 Å². The van der Waals surface area contributed by atoms with Gasteiger partial charge >= 0.3 is 0 Å². The number of nitro groups is 1. The van der Waals surface area contributed by atoms with E-state index in [4.69, 9.17) is 0 Å². The molecule has 1 aromatic rings. The highest BCUT2D eigenvalue weighted by Crippen LogP contribution is 2.45. The second-order valence-electron chi connectivity index (χ2n) is 8.12. The van der Waals surface area contributed by atoms with Gasteiger partial charge in [-0.3, -0.25) is 19.7 Å². The highest BCUT2D eigenvalue weighted by molar-refractivity contribution is 8.16. The number of hydrogen-bond donors (Lipinski definition) is 1. The summed E-state index contributed by atoms with van der Waals surface area (Å²) < 4.78 is 0. The highest BCUT2D eigenvalue weighted by Gasteiger charge is 2.41. The molecule has 0 saturated carbocycles. The average molecular weight is 472 g/mol. The van der Waals surface area contributed by atoms with Crippen molar-refractivity contribution in [3.63, 3.8) is 0 Å². The predicted molar refractivity (Wildman–Crippen MR) is 129 cm³/mol. The van der Waals surface area contributed by atoms with Gasteiger partial charge in [0, 0.05) is 37.0 Å². The van der Waals surface area contributed by atoms with Gasteiger partial charge in [0.05, 0.1) is 28.7 Å². The van der Waals surface area contributed by atoms with Gasteiger partial charge in [-0.15, -0.1) is 0 Å². The van der Waals surface area contributed by atoms with Gasteiger partial charge in [0.2, 0.25) is 5.91 Å². The van der Waals surface area contributed by atoms with Crippen LogP contribution in [0.15, 0.2) is 51.6 Å². The van der Waals surface area contributed by atoms with Gasteiger partial charge in [-0.2, -0.15) is 0 Å². The predicted octanol–water partition coefficient (Wildman–Crippen LogP) is 3.95. The Kier molecular flexibility index (Phi) is 7.57. The number of carbonyl (C=O) groups excluding carboxylic acids is 2. The molecule has 0 aromatic heterocycles. The molecule has 0 fully saturated rings. The molecule has 3 rings (SSSR count). The van der Waals surface area contributed by atoms with Crippen molar-refractivity contribution in [2.24, 2.45) is 4.99 Å². The van der Waals surface area contributed by atoms with Crippen molar-refractivity contribution in [2.75, 3.05) is 13.1 Å². The first kappa shape index (κ1) is 24.5. The molecule has 9 nitrogen and oxygen atoms in total. The molecule has 1 atom stereocenters. The van der Waals surface area contributed by atoms with Crippen molar-refractivity contribution < 1.29 is 14.5 Å². The lowest BCUT2D eigenvalue weighted by molar-refractivity contribution is -0.384. The smallest absolute Gasteiger partial charge is 0.269 e. The fourth-order valence-corrected chi connectivity index (χ4v) is 4.92. The molecule has 0 bridgehead atoms.